The number of hydrogen-bond acceptors (Lipinski definition) is 2. The van der Waals surface area contributed by atoms with E-state index >= 15 is 0 Å². The van der Waals surface area contributed by atoms with Crippen LogP contribution in [0.15, 0.2) is 12.1 Å². The van der Waals surface area contributed by atoms with Gasteiger partial charge in [0, 0.05) is 25.3 Å². The molecule has 0 saturated carbocycles. The highest BCUT2D eigenvalue weighted by atomic mass is 19.1. The van der Waals surface area contributed by atoms with Gasteiger partial charge in [0.1, 0.15) is 11.5 Å². The summed E-state index contributed by atoms with van der Waals surface area (Å²) in [6.45, 7) is 5.22. The predicted octanol–water partition coefficient (Wildman–Crippen LogP) is 3.19. The highest BCUT2D eigenvalue weighted by molar-refractivity contribution is 5.46. The van der Waals surface area contributed by atoms with E-state index in [4.69, 9.17) is 4.74 Å². The summed E-state index contributed by atoms with van der Waals surface area (Å²) in [7, 11) is 0. The second kappa shape index (κ2) is 6.49. The number of nitrogens with one attached hydrogen (secondary N) is 1. The molecule has 0 aliphatic carbocycles. The fraction of sp³-hybridized carbons (Fsp3) is 0.500. The molecule has 1 aromatic carbocycles. The molecule has 0 radical (unpaired) electrons. The zero-order valence-electron chi connectivity index (χ0n) is 9.90. The van der Waals surface area contributed by atoms with Gasteiger partial charge in [0.25, 0.3) is 0 Å². The molecule has 0 atom stereocenters. The summed E-state index contributed by atoms with van der Waals surface area (Å²) in [6, 6.07) is 1.28. The van der Waals surface area contributed by atoms with Crippen LogP contribution in [0, 0.1) is 23.4 Å². The molecule has 0 aromatic heterocycles. The van der Waals surface area contributed by atoms with Gasteiger partial charge < -0.3 is 10.1 Å². The summed E-state index contributed by atoms with van der Waals surface area (Å²) in [5.41, 5.74) is -0.320. The van der Waals surface area contributed by atoms with Crippen LogP contribution in [0.1, 0.15) is 13.8 Å². The lowest BCUT2D eigenvalue weighted by molar-refractivity contribution is 0.118. The minimum Gasteiger partial charge on any atom is -0.379 e. The molecule has 0 aliphatic rings. The second-order valence-corrected chi connectivity index (χ2v) is 4.14. The van der Waals surface area contributed by atoms with Crippen molar-refractivity contribution in [3.05, 3.63) is 29.6 Å². The Balaban J connectivity index is 2.42. The van der Waals surface area contributed by atoms with Gasteiger partial charge in [0.05, 0.1) is 6.61 Å². The zero-order chi connectivity index (χ0) is 12.8. The Bertz CT molecular complexity index is 346. The average Bonchev–Trinajstić information content (AvgIpc) is 2.20. The van der Waals surface area contributed by atoms with Crippen LogP contribution in [0.4, 0.5) is 18.9 Å². The number of rotatable bonds is 6. The molecule has 17 heavy (non-hydrogen) atoms. The van der Waals surface area contributed by atoms with Crippen LogP contribution in [0.25, 0.3) is 0 Å². The number of benzene rings is 1. The van der Waals surface area contributed by atoms with Crippen molar-refractivity contribution >= 4 is 5.69 Å². The van der Waals surface area contributed by atoms with E-state index in [0.29, 0.717) is 31.3 Å². The fourth-order valence-electron chi connectivity index (χ4n) is 1.28. The molecule has 0 spiro atoms. The van der Waals surface area contributed by atoms with E-state index < -0.39 is 17.5 Å². The maximum absolute atomic E-state index is 13.2. The standard InChI is InChI=1S/C12H16F3NO/c1-8(2)7-17-4-3-16-12-10(14)5-9(13)6-11(12)15/h5-6,8,16H,3-4,7H2,1-2H3. The Labute approximate surface area is 98.8 Å². The van der Waals surface area contributed by atoms with E-state index in [2.05, 4.69) is 5.32 Å². The van der Waals surface area contributed by atoms with E-state index in [-0.39, 0.29) is 12.2 Å². The molecule has 0 fully saturated rings. The molecule has 0 aliphatic heterocycles. The minimum absolute atomic E-state index is 0.270. The summed E-state index contributed by atoms with van der Waals surface area (Å²) in [5.74, 6) is -2.39. The topological polar surface area (TPSA) is 21.3 Å². The van der Waals surface area contributed by atoms with E-state index in [1.165, 1.54) is 0 Å². The van der Waals surface area contributed by atoms with Crippen molar-refractivity contribution in [2.45, 2.75) is 13.8 Å². The van der Waals surface area contributed by atoms with E-state index in [1.807, 2.05) is 13.8 Å². The second-order valence-electron chi connectivity index (χ2n) is 4.14. The lowest BCUT2D eigenvalue weighted by Crippen LogP contribution is -2.13. The molecule has 0 bridgehead atoms. The highest BCUT2D eigenvalue weighted by Gasteiger charge is 2.10. The van der Waals surface area contributed by atoms with Crippen molar-refractivity contribution in [1.29, 1.82) is 0 Å². The summed E-state index contributed by atoms with van der Waals surface area (Å²) in [4.78, 5) is 0. The number of ether oxygens (including phenoxy) is 1. The van der Waals surface area contributed by atoms with Gasteiger partial charge in [-0.25, -0.2) is 13.2 Å². The maximum atomic E-state index is 13.2. The third kappa shape index (κ3) is 4.65. The molecule has 1 N–H and O–H groups in total. The largest absolute Gasteiger partial charge is 0.379 e. The zero-order valence-corrected chi connectivity index (χ0v) is 9.90. The number of halogens is 3. The molecular formula is C12H16F3NO. The van der Waals surface area contributed by atoms with Crippen molar-refractivity contribution < 1.29 is 17.9 Å². The lowest BCUT2D eigenvalue weighted by atomic mass is 10.2. The van der Waals surface area contributed by atoms with Crippen LogP contribution in [0.3, 0.4) is 0 Å². The third-order valence-corrected chi connectivity index (χ3v) is 2.01. The molecule has 0 unspecified atom stereocenters. The summed E-state index contributed by atoms with van der Waals surface area (Å²) in [5, 5.41) is 2.54. The average molecular weight is 247 g/mol. The van der Waals surface area contributed by atoms with Gasteiger partial charge in [-0.05, 0) is 5.92 Å². The normalized spacial score (nSPS) is 10.9. The SMILES string of the molecule is CC(C)COCCNc1c(F)cc(F)cc1F. The van der Waals surface area contributed by atoms with E-state index in [0.717, 1.165) is 0 Å². The molecule has 96 valence electrons. The first-order chi connectivity index (χ1) is 8.00. The minimum atomic E-state index is -0.939. The van der Waals surface area contributed by atoms with Crippen molar-refractivity contribution in [2.75, 3.05) is 25.1 Å². The van der Waals surface area contributed by atoms with Crippen molar-refractivity contribution in [2.24, 2.45) is 5.92 Å². The van der Waals surface area contributed by atoms with Gasteiger partial charge in [-0.1, -0.05) is 13.8 Å². The van der Waals surface area contributed by atoms with Gasteiger partial charge in [0.15, 0.2) is 11.6 Å². The first-order valence-corrected chi connectivity index (χ1v) is 5.47. The lowest BCUT2D eigenvalue weighted by Gasteiger charge is -2.10. The van der Waals surface area contributed by atoms with Crippen molar-refractivity contribution in [1.82, 2.24) is 0 Å². The fourth-order valence-corrected chi connectivity index (χ4v) is 1.28. The van der Waals surface area contributed by atoms with Crippen LogP contribution < -0.4 is 5.32 Å². The van der Waals surface area contributed by atoms with Crippen molar-refractivity contribution in [3.63, 3.8) is 0 Å². The van der Waals surface area contributed by atoms with Crippen LogP contribution in [-0.2, 0) is 4.74 Å². The molecule has 1 rings (SSSR count). The van der Waals surface area contributed by atoms with Crippen LogP contribution in [0.2, 0.25) is 0 Å². The van der Waals surface area contributed by atoms with Crippen LogP contribution in [0.5, 0.6) is 0 Å². The maximum Gasteiger partial charge on any atom is 0.152 e. The summed E-state index contributed by atoms with van der Waals surface area (Å²) >= 11 is 0. The van der Waals surface area contributed by atoms with Gasteiger partial charge in [-0.3, -0.25) is 0 Å². The molecule has 0 heterocycles. The smallest absolute Gasteiger partial charge is 0.152 e. The Morgan fingerprint density at radius 2 is 1.76 bits per heavy atom. The summed E-state index contributed by atoms with van der Waals surface area (Å²) < 4.78 is 44.2. The Hall–Kier alpha value is -1.23. The molecule has 1 aromatic rings. The quantitative estimate of drug-likeness (QED) is 0.779. The van der Waals surface area contributed by atoms with Gasteiger partial charge in [0.2, 0.25) is 0 Å². The Kier molecular flexibility index (Phi) is 5.28. The Morgan fingerprint density at radius 3 is 2.29 bits per heavy atom. The van der Waals surface area contributed by atoms with Crippen molar-refractivity contribution in [3.8, 4) is 0 Å². The summed E-state index contributed by atoms with van der Waals surface area (Å²) in [6.07, 6.45) is 0. The molecule has 2 nitrogen and oxygen atoms in total. The van der Waals surface area contributed by atoms with Crippen LogP contribution >= 0.6 is 0 Å². The Morgan fingerprint density at radius 1 is 1.18 bits per heavy atom. The molecule has 0 saturated heterocycles. The van der Waals surface area contributed by atoms with Gasteiger partial charge in [-0.2, -0.15) is 0 Å². The predicted molar refractivity (Wildman–Crippen MR) is 60.5 cm³/mol. The first-order valence-electron chi connectivity index (χ1n) is 5.47. The molecule has 5 heteroatoms. The molecule has 0 amide bonds. The number of hydrogen-bond donors (Lipinski definition) is 1. The number of anilines is 1. The van der Waals surface area contributed by atoms with Gasteiger partial charge >= 0.3 is 0 Å². The third-order valence-electron chi connectivity index (χ3n) is 2.01. The highest BCUT2D eigenvalue weighted by Crippen LogP contribution is 2.19. The molecular weight excluding hydrogens is 231 g/mol. The van der Waals surface area contributed by atoms with Crippen LogP contribution in [-0.4, -0.2) is 19.8 Å². The van der Waals surface area contributed by atoms with E-state index in [9.17, 15) is 13.2 Å². The van der Waals surface area contributed by atoms with Gasteiger partial charge in [-0.15, -0.1) is 0 Å². The first kappa shape index (κ1) is 13.8. The van der Waals surface area contributed by atoms with E-state index in [1.54, 1.807) is 0 Å². The monoisotopic (exact) mass is 247 g/mol.